The molecule has 0 saturated carbocycles. The van der Waals surface area contributed by atoms with Crippen LogP contribution in [0.1, 0.15) is 26.4 Å². The standard InChI is InChI=1S/C15H10Cl3N3O4/c1-25-15(24)8-4-2-7(3-5-8)6-19-21-11-9(16)12(14(22)23)20-13(18)10(11)17/h2-6H,1H3,(H,20,21)(H,22,23)/b19-6-. The molecule has 0 bridgehead atoms. The summed E-state index contributed by atoms with van der Waals surface area (Å²) in [5.41, 5.74) is 3.16. The maximum Gasteiger partial charge on any atom is 0.356 e. The molecule has 130 valence electrons. The van der Waals surface area contributed by atoms with Crippen LogP contribution in [-0.4, -0.2) is 35.4 Å². The second kappa shape index (κ2) is 8.15. The fourth-order valence-electron chi connectivity index (χ4n) is 1.75. The lowest BCUT2D eigenvalue weighted by Crippen LogP contribution is -2.05. The van der Waals surface area contributed by atoms with E-state index < -0.39 is 17.6 Å². The Morgan fingerprint density at radius 1 is 1.20 bits per heavy atom. The Balaban J connectivity index is 2.22. The first kappa shape index (κ1) is 19.0. The molecule has 1 heterocycles. The Kier molecular flexibility index (Phi) is 6.19. The minimum Gasteiger partial charge on any atom is -0.476 e. The first-order valence-electron chi connectivity index (χ1n) is 6.60. The van der Waals surface area contributed by atoms with Gasteiger partial charge in [-0.25, -0.2) is 14.6 Å². The number of nitrogens with zero attached hydrogens (tertiary/aromatic N) is 2. The van der Waals surface area contributed by atoms with E-state index in [1.807, 2.05) is 0 Å². The predicted octanol–water partition coefficient (Wildman–Crippen LogP) is 3.97. The van der Waals surface area contributed by atoms with E-state index in [2.05, 4.69) is 20.2 Å². The van der Waals surface area contributed by atoms with Gasteiger partial charge >= 0.3 is 11.9 Å². The molecule has 0 aliphatic rings. The van der Waals surface area contributed by atoms with Gasteiger partial charge in [-0.2, -0.15) is 5.10 Å². The molecule has 0 unspecified atom stereocenters. The number of carboxylic acid groups (broad SMARTS) is 1. The molecule has 0 amide bonds. The number of aromatic carboxylic acids is 1. The third kappa shape index (κ3) is 4.39. The Morgan fingerprint density at radius 2 is 1.84 bits per heavy atom. The maximum absolute atomic E-state index is 11.4. The van der Waals surface area contributed by atoms with Gasteiger partial charge in [-0.15, -0.1) is 0 Å². The van der Waals surface area contributed by atoms with Crippen molar-refractivity contribution >= 4 is 58.6 Å². The number of rotatable bonds is 5. The molecule has 2 aromatic rings. The van der Waals surface area contributed by atoms with Crippen molar-refractivity contribution in [1.82, 2.24) is 4.98 Å². The topological polar surface area (TPSA) is 101 Å². The first-order chi connectivity index (χ1) is 11.8. The van der Waals surface area contributed by atoms with E-state index in [1.54, 1.807) is 24.3 Å². The second-order valence-corrected chi connectivity index (χ2v) is 5.66. The van der Waals surface area contributed by atoms with Gasteiger partial charge in [0.05, 0.1) is 24.6 Å². The first-order valence-corrected chi connectivity index (χ1v) is 7.73. The SMILES string of the molecule is COC(=O)c1ccc(/C=N\Nc2c(Cl)c(Cl)nc(C(=O)O)c2Cl)cc1. The molecule has 0 saturated heterocycles. The molecule has 1 aromatic heterocycles. The van der Waals surface area contributed by atoms with Gasteiger partial charge in [0.15, 0.2) is 10.8 Å². The number of anilines is 1. The predicted molar refractivity (Wildman–Crippen MR) is 95.2 cm³/mol. The zero-order chi connectivity index (χ0) is 18.6. The van der Waals surface area contributed by atoms with Crippen LogP contribution in [-0.2, 0) is 4.74 Å². The third-order valence-electron chi connectivity index (χ3n) is 2.96. The molecule has 0 aliphatic heterocycles. The number of carbonyl (C=O) groups is 2. The van der Waals surface area contributed by atoms with E-state index in [-0.39, 0.29) is 20.9 Å². The number of ether oxygens (including phenoxy) is 1. The quantitative estimate of drug-likeness (QED) is 0.340. The molecule has 0 spiro atoms. The van der Waals surface area contributed by atoms with E-state index in [0.717, 1.165) is 0 Å². The number of hydrogen-bond acceptors (Lipinski definition) is 6. The highest BCUT2D eigenvalue weighted by atomic mass is 35.5. The highest BCUT2D eigenvalue weighted by Crippen LogP contribution is 2.36. The number of hydrazone groups is 1. The van der Waals surface area contributed by atoms with E-state index in [4.69, 9.17) is 39.9 Å². The number of methoxy groups -OCH3 is 1. The van der Waals surface area contributed by atoms with Crippen molar-refractivity contribution in [3.05, 3.63) is 56.3 Å². The molecule has 0 fully saturated rings. The number of esters is 1. The molecule has 25 heavy (non-hydrogen) atoms. The van der Waals surface area contributed by atoms with E-state index in [0.29, 0.717) is 11.1 Å². The van der Waals surface area contributed by atoms with Crippen molar-refractivity contribution in [2.24, 2.45) is 5.10 Å². The molecule has 0 radical (unpaired) electrons. The van der Waals surface area contributed by atoms with Gasteiger partial charge in [0.1, 0.15) is 10.0 Å². The molecule has 0 aliphatic carbocycles. The summed E-state index contributed by atoms with van der Waals surface area (Å²) in [6.45, 7) is 0. The zero-order valence-corrected chi connectivity index (χ0v) is 14.9. The van der Waals surface area contributed by atoms with Crippen LogP contribution in [0.25, 0.3) is 0 Å². The zero-order valence-electron chi connectivity index (χ0n) is 12.6. The van der Waals surface area contributed by atoms with Crippen molar-refractivity contribution in [3.8, 4) is 0 Å². The Bertz CT molecular complexity index is 854. The van der Waals surface area contributed by atoms with Crippen LogP contribution in [0, 0.1) is 0 Å². The van der Waals surface area contributed by atoms with Crippen LogP contribution in [0.3, 0.4) is 0 Å². The summed E-state index contributed by atoms with van der Waals surface area (Å²) in [7, 11) is 1.29. The van der Waals surface area contributed by atoms with Crippen LogP contribution >= 0.6 is 34.8 Å². The number of hydrogen-bond donors (Lipinski definition) is 2. The lowest BCUT2D eigenvalue weighted by Gasteiger charge is -2.09. The van der Waals surface area contributed by atoms with Gasteiger partial charge in [-0.05, 0) is 17.7 Å². The molecule has 0 atom stereocenters. The fraction of sp³-hybridized carbons (Fsp3) is 0.0667. The summed E-state index contributed by atoms with van der Waals surface area (Å²) in [5.74, 6) is -1.80. The minimum absolute atomic E-state index is 0.0168. The monoisotopic (exact) mass is 401 g/mol. The van der Waals surface area contributed by atoms with Gasteiger partial charge in [0.25, 0.3) is 0 Å². The Hall–Kier alpha value is -2.35. The summed E-state index contributed by atoms with van der Waals surface area (Å²) < 4.78 is 4.60. The Labute approximate surface area is 157 Å². The van der Waals surface area contributed by atoms with Gasteiger partial charge in [-0.1, -0.05) is 46.9 Å². The molecule has 10 heteroatoms. The van der Waals surface area contributed by atoms with Crippen LogP contribution < -0.4 is 5.43 Å². The van der Waals surface area contributed by atoms with Crippen LogP contribution in [0.15, 0.2) is 29.4 Å². The smallest absolute Gasteiger partial charge is 0.356 e. The number of benzene rings is 1. The van der Waals surface area contributed by atoms with Gasteiger partial charge in [0, 0.05) is 0 Å². The normalized spacial score (nSPS) is 10.7. The molecule has 7 nitrogen and oxygen atoms in total. The van der Waals surface area contributed by atoms with Gasteiger partial charge < -0.3 is 9.84 Å². The van der Waals surface area contributed by atoms with Crippen molar-refractivity contribution in [2.75, 3.05) is 12.5 Å². The van der Waals surface area contributed by atoms with E-state index in [9.17, 15) is 9.59 Å². The number of carboxylic acids is 1. The summed E-state index contributed by atoms with van der Waals surface area (Å²) in [4.78, 5) is 26.0. The molecular weight excluding hydrogens is 393 g/mol. The van der Waals surface area contributed by atoms with Crippen molar-refractivity contribution < 1.29 is 19.4 Å². The van der Waals surface area contributed by atoms with Crippen molar-refractivity contribution in [3.63, 3.8) is 0 Å². The number of halogens is 3. The lowest BCUT2D eigenvalue weighted by molar-refractivity contribution is 0.0599. The van der Waals surface area contributed by atoms with Crippen LogP contribution in [0.5, 0.6) is 0 Å². The summed E-state index contributed by atoms with van der Waals surface area (Å²) in [5, 5.41) is 12.5. The molecular formula is C15H10Cl3N3O4. The van der Waals surface area contributed by atoms with E-state index in [1.165, 1.54) is 13.3 Å². The molecule has 2 rings (SSSR count). The van der Waals surface area contributed by atoms with Crippen LogP contribution in [0.4, 0.5) is 5.69 Å². The second-order valence-electron chi connectivity index (χ2n) is 4.54. The highest BCUT2D eigenvalue weighted by Gasteiger charge is 2.20. The average Bonchev–Trinajstić information content (AvgIpc) is 2.60. The van der Waals surface area contributed by atoms with Crippen molar-refractivity contribution in [2.45, 2.75) is 0 Å². The van der Waals surface area contributed by atoms with Gasteiger partial charge in [0.2, 0.25) is 0 Å². The highest BCUT2D eigenvalue weighted by molar-refractivity contribution is 6.46. The number of aromatic nitrogens is 1. The minimum atomic E-state index is -1.35. The Morgan fingerprint density at radius 3 is 2.40 bits per heavy atom. The van der Waals surface area contributed by atoms with Crippen molar-refractivity contribution in [1.29, 1.82) is 0 Å². The van der Waals surface area contributed by atoms with Gasteiger partial charge in [-0.3, -0.25) is 5.43 Å². The average molecular weight is 403 g/mol. The largest absolute Gasteiger partial charge is 0.476 e. The number of nitrogens with one attached hydrogen (secondary N) is 1. The summed E-state index contributed by atoms with van der Waals surface area (Å²) in [6.07, 6.45) is 1.42. The lowest BCUT2D eigenvalue weighted by atomic mass is 10.1. The number of pyridine rings is 1. The number of carbonyl (C=O) groups excluding carboxylic acids is 1. The third-order valence-corrected chi connectivity index (χ3v) is 4.07. The molecule has 2 N–H and O–H groups in total. The maximum atomic E-state index is 11.4. The molecule has 1 aromatic carbocycles. The van der Waals surface area contributed by atoms with E-state index >= 15 is 0 Å². The fourth-order valence-corrected chi connectivity index (χ4v) is 2.41. The van der Waals surface area contributed by atoms with Crippen LogP contribution in [0.2, 0.25) is 15.2 Å². The summed E-state index contributed by atoms with van der Waals surface area (Å²) >= 11 is 17.7. The summed E-state index contributed by atoms with van der Waals surface area (Å²) in [6, 6.07) is 6.42.